The van der Waals surface area contributed by atoms with Gasteiger partial charge in [0.2, 0.25) is 11.8 Å². The van der Waals surface area contributed by atoms with Crippen LogP contribution in [0.3, 0.4) is 0 Å². The number of hydrogen-bond donors (Lipinski definition) is 0. The first-order valence-electron chi connectivity index (χ1n) is 11.5. The van der Waals surface area contributed by atoms with Crippen molar-refractivity contribution in [3.63, 3.8) is 0 Å². The second-order valence-corrected chi connectivity index (χ2v) is 8.72. The standard InChI is InChI=1S/C27H32N2O2/c30-26(15-14-22-9-3-1-4-10-22)28-19-16-24(17-20-28)25-13-7-8-18-29(27(25)31)21-23-11-5-2-6-12-23/h1-12,24-25H,13-21H2/t25-/m0/s1. The van der Waals surface area contributed by atoms with E-state index in [0.717, 1.165) is 38.8 Å². The SMILES string of the molecule is O=C(CCc1ccccc1)N1CCC([C@@H]2CC=CCN(Cc3ccccc3)C2=O)CC1. The van der Waals surface area contributed by atoms with Gasteiger partial charge in [0, 0.05) is 38.5 Å². The molecule has 0 aromatic heterocycles. The number of amides is 2. The molecule has 0 bridgehead atoms. The average molecular weight is 417 g/mol. The van der Waals surface area contributed by atoms with Crippen LogP contribution in [0.15, 0.2) is 72.8 Å². The lowest BCUT2D eigenvalue weighted by molar-refractivity contribution is -0.138. The lowest BCUT2D eigenvalue weighted by Crippen LogP contribution is -2.44. The highest BCUT2D eigenvalue weighted by Gasteiger charge is 2.34. The predicted molar refractivity (Wildman–Crippen MR) is 123 cm³/mol. The van der Waals surface area contributed by atoms with Crippen molar-refractivity contribution in [2.45, 2.75) is 38.6 Å². The van der Waals surface area contributed by atoms with Crippen molar-refractivity contribution in [1.29, 1.82) is 0 Å². The zero-order valence-electron chi connectivity index (χ0n) is 18.2. The molecule has 0 radical (unpaired) electrons. The van der Waals surface area contributed by atoms with Crippen molar-refractivity contribution in [2.24, 2.45) is 11.8 Å². The Morgan fingerprint density at radius 1 is 0.871 bits per heavy atom. The topological polar surface area (TPSA) is 40.6 Å². The van der Waals surface area contributed by atoms with Gasteiger partial charge in [-0.05, 0) is 42.7 Å². The first-order valence-corrected chi connectivity index (χ1v) is 11.5. The number of nitrogens with zero attached hydrogens (tertiary/aromatic N) is 2. The Bertz CT molecular complexity index is 886. The first kappa shape index (κ1) is 21.4. The van der Waals surface area contributed by atoms with Crippen LogP contribution in [0.4, 0.5) is 0 Å². The van der Waals surface area contributed by atoms with Crippen LogP contribution in [0.5, 0.6) is 0 Å². The van der Waals surface area contributed by atoms with Gasteiger partial charge in [-0.2, -0.15) is 0 Å². The van der Waals surface area contributed by atoms with Gasteiger partial charge in [-0.25, -0.2) is 0 Å². The van der Waals surface area contributed by atoms with Crippen molar-refractivity contribution in [1.82, 2.24) is 9.80 Å². The summed E-state index contributed by atoms with van der Waals surface area (Å²) in [6.07, 6.45) is 8.30. The summed E-state index contributed by atoms with van der Waals surface area (Å²) in [6.45, 7) is 2.88. The number of piperidine rings is 1. The van der Waals surface area contributed by atoms with Crippen molar-refractivity contribution in [2.75, 3.05) is 19.6 Å². The van der Waals surface area contributed by atoms with E-state index in [0.29, 0.717) is 25.4 Å². The monoisotopic (exact) mass is 416 g/mol. The molecule has 0 saturated carbocycles. The third-order valence-corrected chi connectivity index (χ3v) is 6.66. The fourth-order valence-electron chi connectivity index (χ4n) is 4.82. The number of carbonyl (C=O) groups excluding carboxylic acids is 2. The maximum atomic E-state index is 13.3. The average Bonchev–Trinajstić information content (AvgIpc) is 3.00. The molecule has 4 rings (SSSR count). The molecule has 2 heterocycles. The number of rotatable bonds is 6. The van der Waals surface area contributed by atoms with Gasteiger partial charge in [-0.3, -0.25) is 9.59 Å². The molecule has 2 aromatic carbocycles. The normalized spacial score (nSPS) is 20.0. The highest BCUT2D eigenvalue weighted by Crippen LogP contribution is 2.31. The molecule has 1 saturated heterocycles. The maximum Gasteiger partial charge on any atom is 0.226 e. The van der Waals surface area contributed by atoms with E-state index in [1.165, 1.54) is 11.1 Å². The van der Waals surface area contributed by atoms with Crippen LogP contribution in [0.1, 0.15) is 36.8 Å². The van der Waals surface area contributed by atoms with Crippen LogP contribution in [0, 0.1) is 11.8 Å². The minimum atomic E-state index is 0.0315. The summed E-state index contributed by atoms with van der Waals surface area (Å²) in [5.74, 6) is 0.888. The Hall–Kier alpha value is -2.88. The van der Waals surface area contributed by atoms with Crippen LogP contribution >= 0.6 is 0 Å². The molecular weight excluding hydrogens is 384 g/mol. The third kappa shape index (κ3) is 5.63. The van der Waals surface area contributed by atoms with E-state index >= 15 is 0 Å². The number of hydrogen-bond acceptors (Lipinski definition) is 2. The van der Waals surface area contributed by atoms with E-state index in [4.69, 9.17) is 0 Å². The second kappa shape index (κ2) is 10.4. The fraction of sp³-hybridized carbons (Fsp3) is 0.407. The van der Waals surface area contributed by atoms with Crippen LogP contribution in [0.25, 0.3) is 0 Å². The Labute approximate surface area is 185 Å². The van der Waals surface area contributed by atoms with Gasteiger partial charge >= 0.3 is 0 Å². The smallest absolute Gasteiger partial charge is 0.226 e. The minimum absolute atomic E-state index is 0.0315. The number of allylic oxidation sites excluding steroid dienone is 1. The minimum Gasteiger partial charge on any atom is -0.343 e. The zero-order chi connectivity index (χ0) is 21.5. The van der Waals surface area contributed by atoms with E-state index in [2.05, 4.69) is 36.4 Å². The summed E-state index contributed by atoms with van der Waals surface area (Å²) in [7, 11) is 0. The van der Waals surface area contributed by atoms with Gasteiger partial charge in [-0.1, -0.05) is 72.8 Å². The Morgan fingerprint density at radius 2 is 1.52 bits per heavy atom. The van der Waals surface area contributed by atoms with E-state index in [1.807, 2.05) is 46.2 Å². The summed E-state index contributed by atoms with van der Waals surface area (Å²) >= 11 is 0. The molecule has 162 valence electrons. The number of benzene rings is 2. The summed E-state index contributed by atoms with van der Waals surface area (Å²) in [6, 6.07) is 20.4. The van der Waals surface area contributed by atoms with Gasteiger partial charge in [0.1, 0.15) is 0 Å². The van der Waals surface area contributed by atoms with Crippen LogP contribution < -0.4 is 0 Å². The molecule has 0 N–H and O–H groups in total. The molecular formula is C27H32N2O2. The quantitative estimate of drug-likeness (QED) is 0.652. The van der Waals surface area contributed by atoms with Crippen LogP contribution in [0.2, 0.25) is 0 Å². The maximum absolute atomic E-state index is 13.3. The molecule has 4 heteroatoms. The predicted octanol–water partition coefficient (Wildman–Crippen LogP) is 4.46. The Balaban J connectivity index is 1.30. The molecule has 2 aliphatic rings. The van der Waals surface area contributed by atoms with E-state index in [-0.39, 0.29) is 17.7 Å². The number of carbonyl (C=O) groups is 2. The van der Waals surface area contributed by atoms with Gasteiger partial charge < -0.3 is 9.80 Å². The molecule has 2 amide bonds. The molecule has 4 nitrogen and oxygen atoms in total. The number of aryl methyl sites for hydroxylation is 1. The van der Waals surface area contributed by atoms with Gasteiger partial charge in [0.25, 0.3) is 0 Å². The van der Waals surface area contributed by atoms with Gasteiger partial charge in [0.05, 0.1) is 0 Å². The van der Waals surface area contributed by atoms with E-state index < -0.39 is 0 Å². The van der Waals surface area contributed by atoms with Crippen molar-refractivity contribution in [3.05, 3.63) is 83.9 Å². The molecule has 0 spiro atoms. The highest BCUT2D eigenvalue weighted by atomic mass is 16.2. The molecule has 2 aliphatic heterocycles. The highest BCUT2D eigenvalue weighted by molar-refractivity contribution is 5.80. The summed E-state index contributed by atoms with van der Waals surface area (Å²) in [5, 5.41) is 0. The molecule has 1 fully saturated rings. The molecule has 31 heavy (non-hydrogen) atoms. The Kier molecular flexibility index (Phi) is 7.18. The van der Waals surface area contributed by atoms with E-state index in [9.17, 15) is 9.59 Å². The van der Waals surface area contributed by atoms with Crippen molar-refractivity contribution < 1.29 is 9.59 Å². The van der Waals surface area contributed by atoms with Gasteiger partial charge in [-0.15, -0.1) is 0 Å². The van der Waals surface area contributed by atoms with Crippen molar-refractivity contribution >= 4 is 11.8 Å². The largest absolute Gasteiger partial charge is 0.343 e. The summed E-state index contributed by atoms with van der Waals surface area (Å²) in [5.41, 5.74) is 2.38. The molecule has 2 aromatic rings. The second-order valence-electron chi connectivity index (χ2n) is 8.72. The number of likely N-dealkylation sites (tertiary alicyclic amines) is 1. The summed E-state index contributed by atoms with van der Waals surface area (Å²) < 4.78 is 0. The van der Waals surface area contributed by atoms with Crippen molar-refractivity contribution in [3.8, 4) is 0 Å². The third-order valence-electron chi connectivity index (χ3n) is 6.66. The zero-order valence-corrected chi connectivity index (χ0v) is 18.2. The van der Waals surface area contributed by atoms with Crippen LogP contribution in [-0.4, -0.2) is 41.2 Å². The fourth-order valence-corrected chi connectivity index (χ4v) is 4.82. The van der Waals surface area contributed by atoms with E-state index in [1.54, 1.807) is 0 Å². The lowest BCUT2D eigenvalue weighted by Gasteiger charge is -2.36. The first-order chi connectivity index (χ1) is 15.2. The van der Waals surface area contributed by atoms with Gasteiger partial charge in [0.15, 0.2) is 0 Å². The molecule has 1 atom stereocenters. The molecule has 0 unspecified atom stereocenters. The van der Waals surface area contributed by atoms with Crippen LogP contribution in [-0.2, 0) is 22.6 Å². The lowest BCUT2D eigenvalue weighted by atomic mass is 9.81. The molecule has 0 aliphatic carbocycles. The summed E-state index contributed by atoms with van der Waals surface area (Å²) in [4.78, 5) is 30.0. The Morgan fingerprint density at radius 3 is 2.19 bits per heavy atom.